The second-order valence-electron chi connectivity index (χ2n) is 27.1. The molecule has 15 N–H and O–H groups in total. The van der Waals surface area contributed by atoms with Crippen molar-refractivity contribution in [3.63, 3.8) is 0 Å². The lowest BCUT2D eigenvalue weighted by Crippen LogP contribution is -2.45. The maximum absolute atomic E-state index is 13.1. The van der Waals surface area contributed by atoms with Crippen LogP contribution in [0.5, 0.6) is 23.0 Å². The minimum absolute atomic E-state index is 0.0825. The zero-order valence-electron chi connectivity index (χ0n) is 66.0. The summed E-state index contributed by atoms with van der Waals surface area (Å²) in [5, 5.41) is 54.2. The van der Waals surface area contributed by atoms with Gasteiger partial charge in [0.2, 0.25) is 28.1 Å². The van der Waals surface area contributed by atoms with Crippen LogP contribution in [0.1, 0.15) is 117 Å². The molecule has 121 heavy (non-hydrogen) atoms. The number of nitrogens with one attached hydrogen (secondary N) is 12. The number of hydrogen-bond acceptors (Lipinski definition) is 20. The Morgan fingerprint density at radius 1 is 0.438 bits per heavy atom. The molecular formula is C88H83N17O15S. The van der Waals surface area contributed by atoms with E-state index in [-0.39, 0.29) is 77.1 Å². The van der Waals surface area contributed by atoms with E-state index in [0.717, 1.165) is 10.4 Å². The molecule has 0 aliphatic heterocycles. The van der Waals surface area contributed by atoms with E-state index in [2.05, 4.69) is 82.0 Å². The maximum Gasteiger partial charge on any atom is 0.255 e. The number of carbonyl (C=O) groups is 5. The average Bonchev–Trinajstić information content (AvgIpc) is 1.65. The number of aliphatic hydroxyl groups is 1. The summed E-state index contributed by atoms with van der Waals surface area (Å²) in [7, 11) is 5.98. The molecule has 2 atom stereocenters. The van der Waals surface area contributed by atoms with Gasteiger partial charge in [0.25, 0.3) is 23.6 Å². The standard InChI is InChI=1S/C25H23N5O4.C21H18N4O4.C21H24N4O4.C21H18N4O3S/c1-34-23-17(25(33)28-20(24(26)32)14-15-6-3-2-4-7-15)11-13-19-22(23)18(29-30-19)12-10-16-8-5-9-21(31)27-16;1-28-20-15(21(27)22-12-14-5-3-11-29-14)8-10-17-19(20)16(24-25-17)9-7-13-4-2-6-18(26)23-13;1-12(2)17(11-26)23-21(28)14-8-10-16-19(20(14)29-3)15(24-25-16)9-7-13-5-4-6-18(27)22-13;1-28-20-15(21(27)22-12-14-5-3-11-29-14)8-10-17-19(20)16(24-25-17)9-7-13-4-2-6-18(26)23-13/h2-13,20H,14H2,1H3,(H2,26,32)(H,27,31)(H,28,33)(H,29,30);2-11H,12H2,1H3,(H,22,27)(H,23,26)(H,24,25);4-10,12,17,26H,11H2,1-3H3,(H,22,27)(H,23,28)(H,24,25);2-11H,12H2,1H3,(H,22,27)(H,23,26)(H,24,25)/b12-10+;3*9-7+. The summed E-state index contributed by atoms with van der Waals surface area (Å²) in [6, 6.07) is 48.6. The lowest BCUT2D eigenvalue weighted by molar-refractivity contribution is -0.119. The van der Waals surface area contributed by atoms with Crippen molar-refractivity contribution in [3.8, 4) is 23.0 Å². The van der Waals surface area contributed by atoms with Crippen LogP contribution < -0.4 is 68.2 Å². The number of thiophene rings is 1. The molecule has 0 aliphatic carbocycles. The molecule has 0 saturated carbocycles. The van der Waals surface area contributed by atoms with Gasteiger partial charge in [-0.05, 0) is 156 Å². The number of nitrogens with zero attached hydrogens (tertiary/aromatic N) is 4. The van der Waals surface area contributed by atoms with Crippen molar-refractivity contribution in [2.75, 3.05) is 35.0 Å². The minimum atomic E-state index is -0.895. The molecule has 2 unspecified atom stereocenters. The number of fused-ring (bicyclic) bond motifs is 4. The highest BCUT2D eigenvalue weighted by Gasteiger charge is 2.27. The van der Waals surface area contributed by atoms with Crippen molar-refractivity contribution in [1.29, 1.82) is 0 Å². The Morgan fingerprint density at radius 3 is 1.13 bits per heavy atom. The van der Waals surface area contributed by atoms with E-state index in [4.69, 9.17) is 29.1 Å². The molecule has 0 bridgehead atoms. The zero-order chi connectivity index (χ0) is 85.5. The second kappa shape index (κ2) is 40.2. The lowest BCUT2D eigenvalue weighted by atomic mass is 10.0. The van der Waals surface area contributed by atoms with Crippen LogP contribution >= 0.6 is 11.3 Å². The number of primary amides is 1. The lowest BCUT2D eigenvalue weighted by Gasteiger charge is -2.20. The summed E-state index contributed by atoms with van der Waals surface area (Å²) >= 11 is 1.59. The molecule has 15 rings (SSSR count). The van der Waals surface area contributed by atoms with E-state index in [9.17, 15) is 48.3 Å². The van der Waals surface area contributed by atoms with Gasteiger partial charge in [0, 0.05) is 58.3 Å². The largest absolute Gasteiger partial charge is 0.495 e. The van der Waals surface area contributed by atoms with E-state index in [1.54, 1.807) is 175 Å². The monoisotopic (exact) mass is 1650 g/mol. The van der Waals surface area contributed by atoms with Gasteiger partial charge in [-0.1, -0.05) is 74.5 Å². The summed E-state index contributed by atoms with van der Waals surface area (Å²) in [6.07, 6.45) is 15.8. The molecule has 10 aromatic heterocycles. The number of nitrogens with two attached hydrogens (primary N) is 1. The van der Waals surface area contributed by atoms with Crippen LogP contribution in [0.25, 0.3) is 92.2 Å². The summed E-state index contributed by atoms with van der Waals surface area (Å²) in [5.41, 5.74) is 14.7. The number of aliphatic hydroxyl groups excluding tert-OH is 1. The summed E-state index contributed by atoms with van der Waals surface area (Å²) in [6.45, 7) is 4.43. The third-order valence-electron chi connectivity index (χ3n) is 18.7. The number of aromatic nitrogens is 12. The highest BCUT2D eigenvalue weighted by molar-refractivity contribution is 7.09. The fraction of sp³-hybridized carbons (Fsp3) is 0.148. The molecule has 0 spiro atoms. The number of furan rings is 1. The highest BCUT2D eigenvalue weighted by atomic mass is 32.1. The van der Waals surface area contributed by atoms with Crippen LogP contribution in [-0.2, 0) is 24.3 Å². The Hall–Kier alpha value is -15.8. The first-order chi connectivity index (χ1) is 58.7. The van der Waals surface area contributed by atoms with Gasteiger partial charge in [-0.25, -0.2) is 0 Å². The number of hydrogen-bond donors (Lipinski definition) is 14. The number of carbonyl (C=O) groups excluding carboxylic acids is 5. The second-order valence-corrected chi connectivity index (χ2v) is 28.1. The van der Waals surface area contributed by atoms with Gasteiger partial charge in [0.15, 0.2) is 0 Å². The number of benzene rings is 5. The molecule has 5 aromatic carbocycles. The molecule has 10 heterocycles. The van der Waals surface area contributed by atoms with Gasteiger partial charge in [-0.15, -0.1) is 11.3 Å². The maximum atomic E-state index is 13.1. The fourth-order valence-electron chi connectivity index (χ4n) is 12.7. The van der Waals surface area contributed by atoms with Crippen molar-refractivity contribution in [2.24, 2.45) is 11.7 Å². The van der Waals surface area contributed by atoms with Crippen molar-refractivity contribution in [1.82, 2.24) is 82.0 Å². The summed E-state index contributed by atoms with van der Waals surface area (Å²) in [4.78, 5) is 121. The van der Waals surface area contributed by atoms with Crippen LogP contribution in [0.4, 0.5) is 0 Å². The van der Waals surface area contributed by atoms with Crippen molar-refractivity contribution in [3.05, 3.63) is 313 Å². The molecule has 0 saturated heterocycles. The van der Waals surface area contributed by atoms with Crippen LogP contribution in [0.2, 0.25) is 0 Å². The highest BCUT2D eigenvalue weighted by Crippen LogP contribution is 2.37. The quantitative estimate of drug-likeness (QED) is 0.0227. The van der Waals surface area contributed by atoms with E-state index in [1.807, 2.05) is 61.7 Å². The van der Waals surface area contributed by atoms with Crippen molar-refractivity contribution < 1.29 is 52.4 Å². The van der Waals surface area contributed by atoms with E-state index in [0.29, 0.717) is 141 Å². The van der Waals surface area contributed by atoms with Crippen LogP contribution in [0.15, 0.2) is 211 Å². The predicted octanol–water partition coefficient (Wildman–Crippen LogP) is 10.8. The molecule has 5 amide bonds. The molecule has 0 aliphatic rings. The van der Waals surface area contributed by atoms with Crippen LogP contribution in [0.3, 0.4) is 0 Å². The minimum Gasteiger partial charge on any atom is -0.495 e. The smallest absolute Gasteiger partial charge is 0.255 e. The first kappa shape index (κ1) is 84.6. The first-order valence-electron chi connectivity index (χ1n) is 37.6. The topological polar surface area (TPSA) is 476 Å². The van der Waals surface area contributed by atoms with Crippen molar-refractivity contribution >= 4 is 133 Å². The van der Waals surface area contributed by atoms with Crippen molar-refractivity contribution in [2.45, 2.75) is 45.4 Å². The molecule has 15 aromatic rings. The van der Waals surface area contributed by atoms with E-state index in [1.165, 1.54) is 52.7 Å². The Morgan fingerprint density at radius 2 is 0.810 bits per heavy atom. The Bertz CT molecular complexity index is 6370. The van der Waals surface area contributed by atoms with Gasteiger partial charge in [-0.3, -0.25) is 63.5 Å². The van der Waals surface area contributed by atoms with E-state index >= 15 is 0 Å². The zero-order valence-corrected chi connectivity index (χ0v) is 66.8. The predicted molar refractivity (Wildman–Crippen MR) is 464 cm³/mol. The van der Waals surface area contributed by atoms with Crippen LogP contribution in [0, 0.1) is 5.92 Å². The van der Waals surface area contributed by atoms with Gasteiger partial charge in [-0.2, -0.15) is 20.4 Å². The number of methoxy groups -OCH3 is 4. The third-order valence-corrected chi connectivity index (χ3v) is 19.6. The normalized spacial score (nSPS) is 11.8. The number of aromatic amines is 8. The average molecular weight is 1650 g/mol. The van der Waals surface area contributed by atoms with Gasteiger partial charge in [0.1, 0.15) is 34.8 Å². The number of rotatable bonds is 27. The number of pyridine rings is 4. The van der Waals surface area contributed by atoms with Gasteiger partial charge >= 0.3 is 0 Å². The fourth-order valence-corrected chi connectivity index (χ4v) is 13.4. The number of H-pyrrole nitrogens is 8. The molecular weight excluding hydrogens is 1570 g/mol. The molecule has 32 nitrogen and oxygen atoms in total. The Kier molecular flexibility index (Phi) is 28.1. The summed E-state index contributed by atoms with van der Waals surface area (Å²) < 4.78 is 27.5. The molecule has 33 heteroatoms. The number of amides is 5. The molecule has 0 radical (unpaired) electrons. The first-order valence-corrected chi connectivity index (χ1v) is 38.5. The van der Waals surface area contributed by atoms with Gasteiger partial charge < -0.3 is 75.4 Å². The third kappa shape index (κ3) is 21.3. The van der Waals surface area contributed by atoms with E-state index < -0.39 is 17.9 Å². The Balaban J connectivity index is 0.000000148. The molecule has 616 valence electrons. The summed E-state index contributed by atoms with van der Waals surface area (Å²) in [5.74, 6) is 0.299. The Labute approximate surface area is 692 Å². The van der Waals surface area contributed by atoms with Gasteiger partial charge in [0.05, 0.1) is 149 Å². The SMILES string of the molecule is COc1c(C(=O)NC(CO)C(C)C)ccc2n[nH]c(/C=C/c3cccc(=O)[nH]3)c12.COc1c(C(=O)NC(Cc2ccccc2)C(N)=O)ccc2n[nH]c(/C=C/c3cccc(=O)[nH]3)c12.COc1c(C(=O)NCc2ccco2)ccc2n[nH]c(/C=C/c3cccc(=O)[nH]3)c12.COc1c(C(=O)NCc2cccs2)ccc2n[nH]c(/C=C/c3cccc(=O)[nH]3)c12. The van der Waals surface area contributed by atoms with Crippen LogP contribution in [-0.4, -0.2) is 142 Å². The number of ether oxygens (including phenoxy) is 4. The molecule has 0 fully saturated rings.